The Morgan fingerprint density at radius 3 is 2.81 bits per heavy atom. The molecule has 0 saturated carbocycles. The van der Waals surface area contributed by atoms with Crippen LogP contribution in [-0.4, -0.2) is 12.9 Å². The second-order valence-electron chi connectivity index (χ2n) is 5.48. The van der Waals surface area contributed by atoms with E-state index >= 15 is 0 Å². The van der Waals surface area contributed by atoms with Gasteiger partial charge in [-0.2, -0.15) is 0 Å². The average Bonchev–Trinajstić information content (AvgIpc) is 2.97. The van der Waals surface area contributed by atoms with Crippen molar-refractivity contribution in [1.29, 1.82) is 0 Å². The molecule has 0 radical (unpaired) electrons. The zero-order chi connectivity index (χ0) is 14.2. The van der Waals surface area contributed by atoms with Crippen LogP contribution in [0.25, 0.3) is 0 Å². The summed E-state index contributed by atoms with van der Waals surface area (Å²) in [4.78, 5) is 0. The maximum absolute atomic E-state index is 6.17. The molecule has 1 saturated heterocycles. The third kappa shape index (κ3) is 2.37. The second-order valence-corrected chi connectivity index (χ2v) is 5.92. The predicted molar refractivity (Wildman–Crippen MR) is 82.7 cm³/mol. The molecular formula is C17H16ClNO2. The second kappa shape index (κ2) is 5.24. The third-order valence-corrected chi connectivity index (χ3v) is 4.39. The van der Waals surface area contributed by atoms with Crippen LogP contribution in [0, 0.1) is 5.92 Å². The first kappa shape index (κ1) is 13.0. The molecule has 108 valence electrons. The van der Waals surface area contributed by atoms with Gasteiger partial charge in [0.05, 0.1) is 12.6 Å². The number of anilines is 1. The van der Waals surface area contributed by atoms with Gasteiger partial charge in [-0.15, -0.1) is 0 Å². The van der Waals surface area contributed by atoms with Crippen LogP contribution in [0.5, 0.6) is 5.75 Å². The molecule has 0 aliphatic carbocycles. The van der Waals surface area contributed by atoms with Crippen molar-refractivity contribution in [3.05, 3.63) is 59.1 Å². The van der Waals surface area contributed by atoms with E-state index in [4.69, 9.17) is 21.1 Å². The molecule has 0 aromatic heterocycles. The number of rotatable bonds is 2. The molecular weight excluding hydrogens is 286 g/mol. The van der Waals surface area contributed by atoms with Gasteiger partial charge in [0.25, 0.3) is 0 Å². The van der Waals surface area contributed by atoms with Crippen molar-refractivity contribution in [2.45, 2.75) is 18.8 Å². The summed E-state index contributed by atoms with van der Waals surface area (Å²) in [5, 5.41) is 4.35. The lowest BCUT2D eigenvalue weighted by molar-refractivity contribution is -0.0747. The van der Waals surface area contributed by atoms with Crippen LogP contribution in [0.4, 0.5) is 5.69 Å². The van der Waals surface area contributed by atoms with Crippen molar-refractivity contribution in [3.63, 3.8) is 0 Å². The Morgan fingerprint density at radius 2 is 1.95 bits per heavy atom. The molecule has 0 unspecified atom stereocenters. The Kier molecular flexibility index (Phi) is 3.24. The lowest BCUT2D eigenvalue weighted by Crippen LogP contribution is -2.36. The number of hydrogen-bond donors (Lipinski definition) is 1. The van der Waals surface area contributed by atoms with Gasteiger partial charge in [0.2, 0.25) is 6.29 Å². The maximum atomic E-state index is 6.17. The van der Waals surface area contributed by atoms with Crippen molar-refractivity contribution in [1.82, 2.24) is 0 Å². The van der Waals surface area contributed by atoms with Crippen LogP contribution in [0.1, 0.15) is 18.0 Å². The Morgan fingerprint density at radius 1 is 1.10 bits per heavy atom. The van der Waals surface area contributed by atoms with Crippen LogP contribution in [-0.2, 0) is 4.74 Å². The summed E-state index contributed by atoms with van der Waals surface area (Å²) in [6.07, 6.45) is 0.820. The Labute approximate surface area is 128 Å². The molecule has 21 heavy (non-hydrogen) atoms. The van der Waals surface area contributed by atoms with Crippen molar-refractivity contribution in [2.24, 2.45) is 5.92 Å². The smallest absolute Gasteiger partial charge is 0.205 e. The molecule has 0 spiro atoms. The maximum Gasteiger partial charge on any atom is 0.205 e. The van der Waals surface area contributed by atoms with Crippen molar-refractivity contribution < 1.29 is 9.47 Å². The SMILES string of the molecule is Clc1ccc2c(c1)[C@@H](Nc1ccccc1)[C@H]1CCO[C@H]1O2. The van der Waals surface area contributed by atoms with Gasteiger partial charge in [-0.25, -0.2) is 0 Å². The highest BCUT2D eigenvalue weighted by atomic mass is 35.5. The van der Waals surface area contributed by atoms with E-state index in [1.807, 2.05) is 36.4 Å². The summed E-state index contributed by atoms with van der Waals surface area (Å²) in [6, 6.07) is 16.2. The first-order chi connectivity index (χ1) is 10.3. The molecule has 3 nitrogen and oxygen atoms in total. The molecule has 0 amide bonds. The predicted octanol–water partition coefficient (Wildman–Crippen LogP) is 4.25. The van der Waals surface area contributed by atoms with Crippen molar-refractivity contribution in [2.75, 3.05) is 11.9 Å². The van der Waals surface area contributed by atoms with E-state index in [0.29, 0.717) is 5.92 Å². The van der Waals surface area contributed by atoms with E-state index in [0.717, 1.165) is 35.1 Å². The summed E-state index contributed by atoms with van der Waals surface area (Å²) in [5.74, 6) is 1.16. The third-order valence-electron chi connectivity index (χ3n) is 4.16. The largest absolute Gasteiger partial charge is 0.464 e. The minimum absolute atomic E-state index is 0.155. The van der Waals surface area contributed by atoms with E-state index in [1.165, 1.54) is 0 Å². The standard InChI is InChI=1S/C17H16ClNO2/c18-11-6-7-15-14(10-11)16(13-8-9-20-17(13)21-15)19-12-4-2-1-3-5-12/h1-7,10,13,16-17,19H,8-9H2/t13-,16+,17+/m1/s1. The fourth-order valence-electron chi connectivity index (χ4n) is 3.15. The van der Waals surface area contributed by atoms with Gasteiger partial charge in [0, 0.05) is 22.2 Å². The summed E-state index contributed by atoms with van der Waals surface area (Å²) >= 11 is 6.17. The van der Waals surface area contributed by atoms with Crippen molar-refractivity contribution >= 4 is 17.3 Å². The van der Waals surface area contributed by atoms with Crippen LogP contribution < -0.4 is 10.1 Å². The van der Waals surface area contributed by atoms with E-state index in [1.54, 1.807) is 0 Å². The van der Waals surface area contributed by atoms with Gasteiger partial charge in [-0.1, -0.05) is 29.8 Å². The number of fused-ring (bicyclic) bond motifs is 2. The van der Waals surface area contributed by atoms with Gasteiger partial charge in [-0.05, 0) is 36.8 Å². The minimum atomic E-state index is -0.167. The number of ether oxygens (including phenoxy) is 2. The number of halogens is 1. The molecule has 2 heterocycles. The quantitative estimate of drug-likeness (QED) is 0.899. The lowest BCUT2D eigenvalue weighted by atomic mass is 9.88. The van der Waals surface area contributed by atoms with E-state index in [9.17, 15) is 0 Å². The summed E-state index contributed by atoms with van der Waals surface area (Å²) in [7, 11) is 0. The molecule has 4 rings (SSSR count). The molecule has 2 aliphatic heterocycles. The highest BCUT2D eigenvalue weighted by Gasteiger charge is 2.42. The fourth-order valence-corrected chi connectivity index (χ4v) is 3.33. The molecule has 1 N–H and O–H groups in total. The van der Waals surface area contributed by atoms with E-state index in [-0.39, 0.29) is 12.3 Å². The topological polar surface area (TPSA) is 30.5 Å². The Bertz CT molecular complexity index is 646. The molecule has 1 fully saturated rings. The van der Waals surface area contributed by atoms with Crippen LogP contribution >= 0.6 is 11.6 Å². The molecule has 2 aromatic carbocycles. The van der Waals surface area contributed by atoms with Gasteiger partial charge in [-0.3, -0.25) is 0 Å². The Hall–Kier alpha value is -1.71. The first-order valence-electron chi connectivity index (χ1n) is 7.20. The molecule has 3 atom stereocenters. The molecule has 0 bridgehead atoms. The molecule has 2 aliphatic rings. The summed E-state index contributed by atoms with van der Waals surface area (Å²) < 4.78 is 11.7. The average molecular weight is 302 g/mol. The zero-order valence-electron chi connectivity index (χ0n) is 11.5. The Balaban J connectivity index is 1.74. The van der Waals surface area contributed by atoms with E-state index in [2.05, 4.69) is 17.4 Å². The van der Waals surface area contributed by atoms with Crippen LogP contribution in [0.2, 0.25) is 5.02 Å². The number of hydrogen-bond acceptors (Lipinski definition) is 3. The normalized spacial score (nSPS) is 26.6. The summed E-state index contributed by atoms with van der Waals surface area (Å²) in [6.45, 7) is 0.740. The number of nitrogens with one attached hydrogen (secondary N) is 1. The monoisotopic (exact) mass is 301 g/mol. The number of para-hydroxylation sites is 1. The summed E-state index contributed by atoms with van der Waals surface area (Å²) in [5.41, 5.74) is 2.21. The van der Waals surface area contributed by atoms with Crippen LogP contribution in [0.15, 0.2) is 48.5 Å². The zero-order valence-corrected chi connectivity index (χ0v) is 12.2. The minimum Gasteiger partial charge on any atom is -0.464 e. The van der Waals surface area contributed by atoms with E-state index < -0.39 is 0 Å². The number of benzene rings is 2. The highest BCUT2D eigenvalue weighted by Crippen LogP contribution is 2.45. The lowest BCUT2D eigenvalue weighted by Gasteiger charge is -2.36. The molecule has 4 heteroatoms. The highest BCUT2D eigenvalue weighted by molar-refractivity contribution is 6.30. The van der Waals surface area contributed by atoms with Crippen molar-refractivity contribution in [3.8, 4) is 5.75 Å². The van der Waals surface area contributed by atoms with Gasteiger partial charge in [0.1, 0.15) is 5.75 Å². The first-order valence-corrected chi connectivity index (χ1v) is 7.58. The fraction of sp³-hybridized carbons (Fsp3) is 0.294. The molecule has 2 aromatic rings. The van der Waals surface area contributed by atoms with Gasteiger partial charge in [0.15, 0.2) is 0 Å². The van der Waals surface area contributed by atoms with Crippen LogP contribution in [0.3, 0.4) is 0 Å². The van der Waals surface area contributed by atoms with Gasteiger partial charge < -0.3 is 14.8 Å². The van der Waals surface area contributed by atoms with Gasteiger partial charge >= 0.3 is 0 Å².